The summed E-state index contributed by atoms with van der Waals surface area (Å²) in [4.78, 5) is 24.0. The van der Waals surface area contributed by atoms with Crippen LogP contribution in [0.15, 0.2) is 0 Å². The molecule has 0 bridgehead atoms. The third kappa shape index (κ3) is 3.72. The van der Waals surface area contributed by atoms with Gasteiger partial charge in [0.2, 0.25) is 0 Å². The molecule has 0 radical (unpaired) electrons. The summed E-state index contributed by atoms with van der Waals surface area (Å²) in [6.45, 7) is 7.04. The summed E-state index contributed by atoms with van der Waals surface area (Å²) in [5.74, 6) is -0.397. The fourth-order valence-electron chi connectivity index (χ4n) is 2.08. The van der Waals surface area contributed by atoms with E-state index >= 15 is 0 Å². The van der Waals surface area contributed by atoms with Gasteiger partial charge in [-0.05, 0) is 13.0 Å². The van der Waals surface area contributed by atoms with Gasteiger partial charge in [-0.2, -0.15) is 0 Å². The number of hydrogen-bond donors (Lipinski definition) is 0. The average molecular weight is 260 g/mol. The number of hydrogen-bond acceptors (Lipinski definition) is 4. The van der Waals surface area contributed by atoms with Crippen molar-refractivity contribution in [3.05, 3.63) is 0 Å². The number of carbonyl (C=O) groups excluding carboxylic acids is 2. The van der Waals surface area contributed by atoms with Crippen LogP contribution in [0, 0.1) is 5.92 Å². The number of carbonyl (C=O) groups is 2. The quantitative estimate of drug-likeness (QED) is 0.496. The van der Waals surface area contributed by atoms with Crippen molar-refractivity contribution in [2.75, 3.05) is 14.2 Å². The molecule has 1 unspecified atom stereocenters. The van der Waals surface area contributed by atoms with E-state index in [2.05, 4.69) is 0 Å². The Morgan fingerprint density at radius 2 is 1.65 bits per heavy atom. The Morgan fingerprint density at radius 1 is 1.18 bits per heavy atom. The zero-order valence-corrected chi connectivity index (χ0v) is 12.7. The lowest BCUT2D eigenvalue weighted by Gasteiger charge is -2.33. The fourth-order valence-corrected chi connectivity index (χ4v) is 5.49. The van der Waals surface area contributed by atoms with Gasteiger partial charge in [0.15, 0.2) is 0 Å². The normalized spacial score (nSPS) is 13.8. The molecule has 0 aromatic rings. The summed E-state index contributed by atoms with van der Waals surface area (Å²) in [6.07, 6.45) is 0.836. The van der Waals surface area contributed by atoms with Crippen LogP contribution in [0.1, 0.15) is 34.1 Å². The second-order valence-corrected chi connectivity index (χ2v) is 8.09. The fraction of sp³-hybridized carbons (Fsp3) is 0.833. The minimum absolute atomic E-state index is 0.0682. The van der Waals surface area contributed by atoms with Crippen molar-refractivity contribution in [1.29, 1.82) is 0 Å². The maximum atomic E-state index is 12.2. The molecule has 0 amide bonds. The van der Waals surface area contributed by atoms with E-state index in [1.54, 1.807) is 13.8 Å². The summed E-state index contributed by atoms with van der Waals surface area (Å²) in [6, 6.07) is 0.655. The van der Waals surface area contributed by atoms with Crippen LogP contribution in [0.3, 0.4) is 0 Å². The van der Waals surface area contributed by atoms with E-state index in [9.17, 15) is 9.59 Å². The largest absolute Gasteiger partial charge is 0.397 e. The van der Waals surface area contributed by atoms with Crippen LogP contribution < -0.4 is 0 Å². The summed E-state index contributed by atoms with van der Waals surface area (Å²) < 4.78 is 11.0. The van der Waals surface area contributed by atoms with E-state index in [0.717, 1.165) is 6.42 Å². The van der Waals surface area contributed by atoms with Crippen LogP contribution >= 0.6 is 0 Å². The molecule has 17 heavy (non-hydrogen) atoms. The Labute approximate surface area is 105 Å². The van der Waals surface area contributed by atoms with Crippen molar-refractivity contribution in [1.82, 2.24) is 0 Å². The van der Waals surface area contributed by atoms with Crippen LogP contribution in [0.5, 0.6) is 0 Å². The second-order valence-electron chi connectivity index (χ2n) is 4.57. The predicted molar refractivity (Wildman–Crippen MR) is 69.1 cm³/mol. The Kier molecular flexibility index (Phi) is 6.82. The highest BCUT2D eigenvalue weighted by Crippen LogP contribution is 2.32. The molecular formula is C12H24O4Si. The average Bonchev–Trinajstić information content (AvgIpc) is 2.27. The lowest BCUT2D eigenvalue weighted by Crippen LogP contribution is -2.51. The van der Waals surface area contributed by atoms with E-state index in [0.29, 0.717) is 6.04 Å². The van der Waals surface area contributed by atoms with E-state index in [-0.39, 0.29) is 17.5 Å². The van der Waals surface area contributed by atoms with Crippen LogP contribution in [0.4, 0.5) is 0 Å². The molecule has 0 heterocycles. The van der Waals surface area contributed by atoms with E-state index in [1.165, 1.54) is 21.1 Å². The molecule has 0 aromatic heterocycles. The molecular weight excluding hydrogens is 236 g/mol. The van der Waals surface area contributed by atoms with Crippen LogP contribution in [-0.2, 0) is 18.4 Å². The van der Waals surface area contributed by atoms with Crippen molar-refractivity contribution < 1.29 is 18.4 Å². The van der Waals surface area contributed by atoms with Gasteiger partial charge in [0.25, 0.3) is 0 Å². The van der Waals surface area contributed by atoms with Gasteiger partial charge < -0.3 is 8.85 Å². The number of Topliss-reactive ketones (excluding diaryl/α,β-unsaturated/α-hetero) is 2. The van der Waals surface area contributed by atoms with Crippen molar-refractivity contribution in [2.45, 2.75) is 45.7 Å². The van der Waals surface area contributed by atoms with Crippen molar-refractivity contribution in [3.63, 3.8) is 0 Å². The molecule has 0 saturated carbocycles. The smallest absolute Gasteiger partial charge is 0.356 e. The van der Waals surface area contributed by atoms with E-state index < -0.39 is 14.1 Å². The Bertz CT molecular complexity index is 272. The number of rotatable bonds is 8. The molecule has 0 rings (SSSR count). The first kappa shape index (κ1) is 16.5. The standard InChI is InChI=1S/C12H24O4Si/c1-7-8-17(15-5,16-6)12(10(4)13)11(14)9(2)3/h9,12H,7-8H2,1-6H3. The molecule has 4 nitrogen and oxygen atoms in total. The van der Waals surface area contributed by atoms with Crippen LogP contribution in [0.25, 0.3) is 0 Å². The summed E-state index contributed by atoms with van der Waals surface area (Å²) in [5.41, 5.74) is -0.711. The minimum atomic E-state index is -2.76. The summed E-state index contributed by atoms with van der Waals surface area (Å²) in [5, 5.41) is 0. The molecule has 0 aliphatic rings. The monoisotopic (exact) mass is 260 g/mol. The van der Waals surface area contributed by atoms with Gasteiger partial charge in [0.1, 0.15) is 17.1 Å². The number of ketones is 2. The molecule has 100 valence electrons. The molecule has 0 N–H and O–H groups in total. The van der Waals surface area contributed by atoms with Crippen molar-refractivity contribution >= 4 is 20.1 Å². The topological polar surface area (TPSA) is 52.6 Å². The molecule has 1 atom stereocenters. The molecule has 5 heteroatoms. The zero-order valence-electron chi connectivity index (χ0n) is 11.7. The Balaban J connectivity index is 5.38. The lowest BCUT2D eigenvalue weighted by molar-refractivity contribution is -0.128. The van der Waals surface area contributed by atoms with Gasteiger partial charge in [-0.25, -0.2) is 0 Å². The maximum Gasteiger partial charge on any atom is 0.356 e. The summed E-state index contributed by atoms with van der Waals surface area (Å²) >= 11 is 0. The lowest BCUT2D eigenvalue weighted by atomic mass is 10.0. The Hall–Kier alpha value is -0.523. The molecule has 0 saturated heterocycles. The first-order valence-electron chi connectivity index (χ1n) is 6.00. The second kappa shape index (κ2) is 7.03. The first-order valence-corrected chi connectivity index (χ1v) is 8.10. The first-order chi connectivity index (χ1) is 7.86. The van der Waals surface area contributed by atoms with Gasteiger partial charge >= 0.3 is 8.56 Å². The van der Waals surface area contributed by atoms with Crippen molar-refractivity contribution in [2.24, 2.45) is 5.92 Å². The van der Waals surface area contributed by atoms with Gasteiger partial charge in [0.05, 0.1) is 0 Å². The molecule has 0 fully saturated rings. The highest BCUT2D eigenvalue weighted by Gasteiger charge is 2.50. The van der Waals surface area contributed by atoms with Crippen molar-refractivity contribution in [3.8, 4) is 0 Å². The van der Waals surface area contributed by atoms with Gasteiger partial charge in [-0.1, -0.05) is 27.2 Å². The zero-order chi connectivity index (χ0) is 13.6. The van der Waals surface area contributed by atoms with Gasteiger partial charge in [-0.15, -0.1) is 0 Å². The van der Waals surface area contributed by atoms with Gasteiger partial charge in [-0.3, -0.25) is 9.59 Å². The predicted octanol–water partition coefficient (Wildman–Crippen LogP) is 2.32. The SMILES string of the molecule is CCC[Si](OC)(OC)C(C(C)=O)C(=O)C(C)C. The van der Waals surface area contributed by atoms with E-state index in [1.807, 2.05) is 6.92 Å². The molecule has 0 aliphatic heterocycles. The minimum Gasteiger partial charge on any atom is -0.397 e. The van der Waals surface area contributed by atoms with Gasteiger partial charge in [0, 0.05) is 20.1 Å². The third-order valence-corrected chi connectivity index (χ3v) is 7.14. The highest BCUT2D eigenvalue weighted by molar-refractivity contribution is 6.76. The molecule has 0 spiro atoms. The summed E-state index contributed by atoms with van der Waals surface area (Å²) in [7, 11) is 0.312. The highest BCUT2D eigenvalue weighted by atomic mass is 28.4. The van der Waals surface area contributed by atoms with Crippen LogP contribution in [0.2, 0.25) is 11.6 Å². The van der Waals surface area contributed by atoms with E-state index in [4.69, 9.17) is 8.85 Å². The molecule has 0 aliphatic carbocycles. The van der Waals surface area contributed by atoms with Crippen LogP contribution in [-0.4, -0.2) is 34.3 Å². The maximum absolute atomic E-state index is 12.2. The Morgan fingerprint density at radius 3 is 1.88 bits per heavy atom. The molecule has 0 aromatic carbocycles. The third-order valence-electron chi connectivity index (χ3n) is 2.99.